The Bertz CT molecular complexity index is 981. The minimum atomic E-state index is -0.649. The molecule has 0 saturated carbocycles. The fourth-order valence-electron chi connectivity index (χ4n) is 4.09. The number of hydrogen-bond acceptors (Lipinski definition) is 4. The smallest absolute Gasteiger partial charge is 0.319 e. The molecule has 2 aromatic carbocycles. The number of urea groups is 1. The lowest BCUT2D eigenvalue weighted by atomic mass is 10.0. The first-order chi connectivity index (χ1) is 16.3. The number of carbonyl (C=O) groups excluding carboxylic acids is 3. The molecule has 2 aromatic rings. The van der Waals surface area contributed by atoms with Crippen LogP contribution in [0, 0.1) is 5.92 Å². The van der Waals surface area contributed by atoms with Gasteiger partial charge in [0.2, 0.25) is 11.8 Å². The summed E-state index contributed by atoms with van der Waals surface area (Å²) in [5, 5.41) is 5.65. The maximum atomic E-state index is 13.3. The van der Waals surface area contributed by atoms with Crippen LogP contribution in [0.4, 0.5) is 10.5 Å². The topological polar surface area (TPSA) is 81.8 Å². The Hall–Kier alpha value is -3.00. The number of amides is 4. The number of benzene rings is 2. The van der Waals surface area contributed by atoms with Gasteiger partial charge in [0.05, 0.1) is 6.42 Å². The van der Waals surface area contributed by atoms with Crippen molar-refractivity contribution in [2.45, 2.75) is 44.2 Å². The number of piperazine rings is 1. The van der Waals surface area contributed by atoms with E-state index in [2.05, 4.69) is 10.6 Å². The molecule has 1 saturated heterocycles. The van der Waals surface area contributed by atoms with Crippen LogP contribution in [0.5, 0.6) is 0 Å². The molecule has 2 unspecified atom stereocenters. The van der Waals surface area contributed by atoms with Crippen LogP contribution in [0.3, 0.4) is 0 Å². The summed E-state index contributed by atoms with van der Waals surface area (Å²) in [4.78, 5) is 43.4. The van der Waals surface area contributed by atoms with Gasteiger partial charge in [-0.15, -0.1) is 11.8 Å². The van der Waals surface area contributed by atoms with Crippen LogP contribution in [0.25, 0.3) is 0 Å². The minimum Gasteiger partial charge on any atom is -0.337 e. The third kappa shape index (κ3) is 6.76. The summed E-state index contributed by atoms with van der Waals surface area (Å²) < 4.78 is 0. The van der Waals surface area contributed by atoms with Gasteiger partial charge in [-0.3, -0.25) is 9.59 Å². The van der Waals surface area contributed by atoms with E-state index in [0.717, 1.165) is 10.5 Å². The third-order valence-electron chi connectivity index (χ3n) is 6.02. The molecule has 2 N–H and O–H groups in total. The molecule has 34 heavy (non-hydrogen) atoms. The molecule has 0 aromatic heterocycles. The van der Waals surface area contributed by atoms with Gasteiger partial charge in [0.1, 0.15) is 6.04 Å². The van der Waals surface area contributed by atoms with Crippen molar-refractivity contribution in [3.63, 3.8) is 0 Å². The summed E-state index contributed by atoms with van der Waals surface area (Å²) >= 11 is 1.63. The zero-order valence-electron chi connectivity index (χ0n) is 20.3. The molecule has 8 heteroatoms. The average Bonchev–Trinajstić information content (AvgIpc) is 2.83. The SMILES string of the molecule is CSc1ccc(NC(=O)NC(C(=O)N2CCN(C(=O)Cc3ccccc3)C(C)C2)C(C)C)cc1. The summed E-state index contributed by atoms with van der Waals surface area (Å²) in [5.41, 5.74) is 1.65. The zero-order chi connectivity index (χ0) is 24.7. The minimum absolute atomic E-state index is 0.0659. The van der Waals surface area contributed by atoms with Crippen LogP contribution in [0.2, 0.25) is 0 Å². The lowest BCUT2D eigenvalue weighted by Gasteiger charge is -2.41. The molecule has 3 rings (SSSR count). The van der Waals surface area contributed by atoms with Crippen LogP contribution < -0.4 is 10.6 Å². The Labute approximate surface area is 206 Å². The molecule has 2 atom stereocenters. The van der Waals surface area contributed by atoms with E-state index in [1.54, 1.807) is 16.7 Å². The molecule has 0 spiro atoms. The number of anilines is 1. The van der Waals surface area contributed by atoms with Crippen LogP contribution >= 0.6 is 11.8 Å². The molecular weight excluding hydrogens is 448 g/mol. The van der Waals surface area contributed by atoms with Gasteiger partial charge >= 0.3 is 6.03 Å². The van der Waals surface area contributed by atoms with Crippen LogP contribution in [-0.4, -0.2) is 65.6 Å². The maximum Gasteiger partial charge on any atom is 0.319 e. The summed E-state index contributed by atoms with van der Waals surface area (Å²) in [5.74, 6) is -0.133. The van der Waals surface area contributed by atoms with Crippen molar-refractivity contribution in [3.8, 4) is 0 Å². The van der Waals surface area contributed by atoms with Crippen molar-refractivity contribution < 1.29 is 14.4 Å². The molecule has 1 heterocycles. The molecule has 4 amide bonds. The Morgan fingerprint density at radius 1 is 1.03 bits per heavy atom. The molecule has 1 aliphatic rings. The van der Waals surface area contributed by atoms with E-state index in [0.29, 0.717) is 31.7 Å². The van der Waals surface area contributed by atoms with Crippen LogP contribution in [0.15, 0.2) is 59.5 Å². The highest BCUT2D eigenvalue weighted by Crippen LogP contribution is 2.18. The number of hydrogen-bond donors (Lipinski definition) is 2. The molecule has 1 aliphatic heterocycles. The quantitative estimate of drug-likeness (QED) is 0.588. The first kappa shape index (κ1) is 25.6. The summed E-state index contributed by atoms with van der Waals surface area (Å²) in [6.45, 7) is 7.18. The van der Waals surface area contributed by atoms with Crippen molar-refractivity contribution in [3.05, 3.63) is 60.2 Å². The molecule has 182 valence electrons. The lowest BCUT2D eigenvalue weighted by molar-refractivity contribution is -0.143. The molecule has 7 nitrogen and oxygen atoms in total. The van der Waals surface area contributed by atoms with E-state index >= 15 is 0 Å². The van der Waals surface area contributed by atoms with Gasteiger partial charge in [0, 0.05) is 36.3 Å². The number of thioether (sulfide) groups is 1. The second-order valence-corrected chi connectivity index (χ2v) is 9.81. The van der Waals surface area contributed by atoms with Gasteiger partial charge in [-0.1, -0.05) is 44.2 Å². The zero-order valence-corrected chi connectivity index (χ0v) is 21.1. The Balaban J connectivity index is 1.56. The van der Waals surface area contributed by atoms with Crippen LogP contribution in [0.1, 0.15) is 26.3 Å². The van der Waals surface area contributed by atoms with E-state index in [9.17, 15) is 14.4 Å². The summed E-state index contributed by atoms with van der Waals surface area (Å²) in [7, 11) is 0. The van der Waals surface area contributed by atoms with E-state index in [1.165, 1.54) is 0 Å². The fourth-order valence-corrected chi connectivity index (χ4v) is 4.50. The van der Waals surface area contributed by atoms with Gasteiger partial charge in [0.25, 0.3) is 0 Å². The number of rotatable bonds is 7. The summed E-state index contributed by atoms with van der Waals surface area (Å²) in [6, 6.07) is 16.1. The first-order valence-corrected chi connectivity index (χ1v) is 12.8. The summed E-state index contributed by atoms with van der Waals surface area (Å²) in [6.07, 6.45) is 2.35. The Morgan fingerprint density at radius 3 is 2.29 bits per heavy atom. The maximum absolute atomic E-state index is 13.3. The predicted octanol–water partition coefficient (Wildman–Crippen LogP) is 3.86. The average molecular weight is 483 g/mol. The fraction of sp³-hybridized carbons (Fsp3) is 0.423. The lowest BCUT2D eigenvalue weighted by Crippen LogP contribution is -2.60. The Kier molecular flexibility index (Phi) is 8.98. The predicted molar refractivity (Wildman–Crippen MR) is 137 cm³/mol. The van der Waals surface area contributed by atoms with Gasteiger partial charge in [0.15, 0.2) is 0 Å². The number of nitrogens with one attached hydrogen (secondary N) is 2. The first-order valence-electron chi connectivity index (χ1n) is 11.6. The molecule has 0 bridgehead atoms. The van der Waals surface area contributed by atoms with Gasteiger partial charge in [-0.05, 0) is 48.9 Å². The molecule has 0 aliphatic carbocycles. The van der Waals surface area contributed by atoms with Gasteiger partial charge < -0.3 is 20.4 Å². The van der Waals surface area contributed by atoms with Crippen molar-refractivity contribution in [2.24, 2.45) is 5.92 Å². The third-order valence-corrected chi connectivity index (χ3v) is 6.77. The van der Waals surface area contributed by atoms with Crippen LogP contribution in [-0.2, 0) is 16.0 Å². The second kappa shape index (κ2) is 11.9. The normalized spacial score (nSPS) is 16.8. The van der Waals surface area contributed by atoms with Gasteiger partial charge in [-0.2, -0.15) is 0 Å². The standard InChI is InChI=1S/C26H34N4O3S/c1-18(2)24(28-26(33)27-21-10-12-22(34-4)13-11-21)25(32)29-14-15-30(19(3)17-29)23(31)16-20-8-6-5-7-9-20/h5-13,18-19,24H,14-17H2,1-4H3,(H2,27,28,33). The second-order valence-electron chi connectivity index (χ2n) is 8.93. The Morgan fingerprint density at radius 2 is 1.71 bits per heavy atom. The van der Waals surface area contributed by atoms with E-state index in [1.807, 2.05) is 86.5 Å². The van der Waals surface area contributed by atoms with E-state index < -0.39 is 12.1 Å². The van der Waals surface area contributed by atoms with Crippen molar-refractivity contribution >= 4 is 35.3 Å². The van der Waals surface area contributed by atoms with Crippen molar-refractivity contribution in [1.82, 2.24) is 15.1 Å². The van der Waals surface area contributed by atoms with Gasteiger partial charge in [-0.25, -0.2) is 4.79 Å². The number of carbonyl (C=O) groups is 3. The number of nitrogens with zero attached hydrogens (tertiary/aromatic N) is 2. The highest BCUT2D eigenvalue weighted by Gasteiger charge is 2.34. The van der Waals surface area contributed by atoms with Crippen molar-refractivity contribution in [1.29, 1.82) is 0 Å². The molecule has 1 fully saturated rings. The molecular formula is C26H34N4O3S. The van der Waals surface area contributed by atoms with E-state index in [-0.39, 0.29) is 23.8 Å². The van der Waals surface area contributed by atoms with E-state index in [4.69, 9.17) is 0 Å². The largest absolute Gasteiger partial charge is 0.337 e. The highest BCUT2D eigenvalue weighted by molar-refractivity contribution is 7.98. The molecule has 0 radical (unpaired) electrons. The monoisotopic (exact) mass is 482 g/mol. The highest BCUT2D eigenvalue weighted by atomic mass is 32.2. The van der Waals surface area contributed by atoms with Crippen molar-refractivity contribution in [2.75, 3.05) is 31.2 Å².